The van der Waals surface area contributed by atoms with Crippen molar-refractivity contribution in [2.45, 2.75) is 20.0 Å². The summed E-state index contributed by atoms with van der Waals surface area (Å²) in [4.78, 5) is 33.6. The third-order valence-electron chi connectivity index (χ3n) is 5.65. The third kappa shape index (κ3) is 6.25. The highest BCUT2D eigenvalue weighted by Crippen LogP contribution is 2.30. The fourth-order valence-corrected chi connectivity index (χ4v) is 3.43. The van der Waals surface area contributed by atoms with E-state index in [0.717, 1.165) is 23.8 Å². The Hall–Kier alpha value is -4.93. The van der Waals surface area contributed by atoms with Gasteiger partial charge in [-0.05, 0) is 67.4 Å². The molecule has 38 heavy (non-hydrogen) atoms. The van der Waals surface area contributed by atoms with Crippen LogP contribution in [0.1, 0.15) is 37.4 Å². The van der Waals surface area contributed by atoms with Crippen molar-refractivity contribution in [3.05, 3.63) is 101 Å². The number of benzene rings is 3. The minimum atomic E-state index is -4.57. The van der Waals surface area contributed by atoms with Crippen molar-refractivity contribution in [3.8, 4) is 0 Å². The molecule has 0 unspecified atom stereocenters. The maximum absolute atomic E-state index is 13.0. The lowest BCUT2D eigenvalue weighted by atomic mass is 10.1. The summed E-state index contributed by atoms with van der Waals surface area (Å²) < 4.78 is 38.9. The van der Waals surface area contributed by atoms with Gasteiger partial charge in [0.25, 0.3) is 11.8 Å². The predicted octanol–water partition coefficient (Wildman–Crippen LogP) is 5.94. The molecule has 4 rings (SSSR count). The first kappa shape index (κ1) is 26.1. The van der Waals surface area contributed by atoms with E-state index in [4.69, 9.17) is 5.73 Å². The first-order chi connectivity index (χ1) is 18.0. The molecule has 0 atom stereocenters. The van der Waals surface area contributed by atoms with Crippen LogP contribution in [-0.4, -0.2) is 21.8 Å². The van der Waals surface area contributed by atoms with Crippen molar-refractivity contribution < 1.29 is 22.8 Å². The molecule has 0 bridgehead atoms. The summed E-state index contributed by atoms with van der Waals surface area (Å²) in [5.41, 5.74) is 8.69. The highest BCUT2D eigenvalue weighted by molar-refractivity contribution is 6.06. The summed E-state index contributed by atoms with van der Waals surface area (Å²) in [5.74, 6) is -0.926. The van der Waals surface area contributed by atoms with Gasteiger partial charge < -0.3 is 21.7 Å². The molecule has 8 nitrogen and oxygen atoms in total. The maximum atomic E-state index is 13.0. The number of aromatic nitrogens is 2. The molecule has 1 heterocycles. The Balaban J connectivity index is 1.43. The Bertz CT molecular complexity index is 1500. The lowest BCUT2D eigenvalue weighted by molar-refractivity contribution is -0.137. The number of hydrogen-bond donors (Lipinski definition) is 4. The molecular formula is C27H23F3N6O2. The van der Waals surface area contributed by atoms with E-state index in [1.807, 2.05) is 19.1 Å². The molecule has 0 aliphatic rings. The molecule has 1 aromatic heterocycles. The minimum absolute atomic E-state index is 0.148. The van der Waals surface area contributed by atoms with E-state index in [-0.39, 0.29) is 17.1 Å². The number of nitrogens with one attached hydrogen (secondary N) is 3. The molecule has 0 aliphatic carbocycles. The topological polar surface area (TPSA) is 122 Å². The van der Waals surface area contributed by atoms with Crippen LogP contribution < -0.4 is 21.7 Å². The number of amides is 2. The minimum Gasteiger partial charge on any atom is -0.398 e. The summed E-state index contributed by atoms with van der Waals surface area (Å²) >= 11 is 0. The molecular weight excluding hydrogens is 497 g/mol. The summed E-state index contributed by atoms with van der Waals surface area (Å²) in [6, 6.07) is 14.3. The second-order valence-corrected chi connectivity index (χ2v) is 8.51. The second kappa shape index (κ2) is 10.6. The smallest absolute Gasteiger partial charge is 0.398 e. The number of halogens is 3. The van der Waals surface area contributed by atoms with Crippen LogP contribution >= 0.6 is 0 Å². The monoisotopic (exact) mass is 520 g/mol. The molecule has 194 valence electrons. The Morgan fingerprint density at radius 1 is 0.789 bits per heavy atom. The normalized spacial score (nSPS) is 11.1. The van der Waals surface area contributed by atoms with Gasteiger partial charge in [-0.1, -0.05) is 18.2 Å². The zero-order valence-electron chi connectivity index (χ0n) is 20.4. The lowest BCUT2D eigenvalue weighted by Crippen LogP contribution is -2.16. The highest BCUT2D eigenvalue weighted by atomic mass is 19.4. The van der Waals surface area contributed by atoms with E-state index >= 15 is 0 Å². The van der Waals surface area contributed by atoms with E-state index in [1.54, 1.807) is 25.1 Å². The van der Waals surface area contributed by atoms with Crippen LogP contribution in [0.3, 0.4) is 0 Å². The van der Waals surface area contributed by atoms with E-state index in [1.165, 1.54) is 24.5 Å². The molecule has 2 amide bonds. The fourth-order valence-electron chi connectivity index (χ4n) is 3.43. The molecule has 0 spiro atoms. The van der Waals surface area contributed by atoms with Crippen LogP contribution in [-0.2, 0) is 6.18 Å². The van der Waals surface area contributed by atoms with Gasteiger partial charge in [-0.3, -0.25) is 9.59 Å². The molecule has 0 radical (unpaired) electrons. The van der Waals surface area contributed by atoms with Crippen LogP contribution in [0.25, 0.3) is 0 Å². The number of carbonyl (C=O) groups excluding carboxylic acids is 2. The van der Waals surface area contributed by atoms with E-state index in [0.29, 0.717) is 28.3 Å². The number of rotatable bonds is 6. The zero-order valence-corrected chi connectivity index (χ0v) is 20.4. The number of carbonyl (C=O) groups is 2. The second-order valence-electron chi connectivity index (χ2n) is 8.51. The van der Waals surface area contributed by atoms with Crippen molar-refractivity contribution >= 4 is 40.5 Å². The zero-order chi connectivity index (χ0) is 27.4. The van der Waals surface area contributed by atoms with Crippen LogP contribution in [0.15, 0.2) is 73.1 Å². The number of anilines is 5. The number of nitrogens with zero attached hydrogens (tertiary/aromatic N) is 2. The van der Waals surface area contributed by atoms with Crippen molar-refractivity contribution in [1.82, 2.24) is 9.97 Å². The van der Waals surface area contributed by atoms with Crippen LogP contribution in [0, 0.1) is 13.8 Å². The van der Waals surface area contributed by atoms with E-state index in [9.17, 15) is 22.8 Å². The van der Waals surface area contributed by atoms with Gasteiger partial charge in [0.05, 0.1) is 11.1 Å². The van der Waals surface area contributed by atoms with Crippen molar-refractivity contribution in [2.24, 2.45) is 0 Å². The standard InChI is InChI=1S/C27H23F3N6O2/c1-15-6-8-20(11-22(15)31)35-26-32-13-18(14-33-26)25(38)36-23-12-21(9-7-16(23)2)34-24(37)17-4-3-5-19(10-17)27(28,29)30/h3-14H,31H2,1-2H3,(H,34,37)(H,36,38)(H,32,33,35). The van der Waals surface area contributed by atoms with Gasteiger partial charge in [-0.25, -0.2) is 9.97 Å². The van der Waals surface area contributed by atoms with Gasteiger partial charge in [-0.15, -0.1) is 0 Å². The molecule has 0 saturated carbocycles. The van der Waals surface area contributed by atoms with Crippen molar-refractivity contribution in [1.29, 1.82) is 0 Å². The number of hydrogen-bond acceptors (Lipinski definition) is 6. The first-order valence-corrected chi connectivity index (χ1v) is 11.4. The average Bonchev–Trinajstić information content (AvgIpc) is 2.88. The van der Waals surface area contributed by atoms with Crippen LogP contribution in [0.4, 0.5) is 41.9 Å². The van der Waals surface area contributed by atoms with Gasteiger partial charge >= 0.3 is 6.18 Å². The summed E-state index contributed by atoms with van der Waals surface area (Å²) in [6.07, 6.45) is -1.85. The predicted molar refractivity (Wildman–Crippen MR) is 139 cm³/mol. The number of aryl methyl sites for hydroxylation is 2. The van der Waals surface area contributed by atoms with Gasteiger partial charge in [0, 0.05) is 40.7 Å². The molecule has 0 saturated heterocycles. The van der Waals surface area contributed by atoms with Crippen molar-refractivity contribution in [2.75, 3.05) is 21.7 Å². The third-order valence-corrected chi connectivity index (χ3v) is 5.65. The first-order valence-electron chi connectivity index (χ1n) is 11.4. The molecule has 3 aromatic carbocycles. The quantitative estimate of drug-likeness (QED) is 0.233. The largest absolute Gasteiger partial charge is 0.416 e. The fraction of sp³-hybridized carbons (Fsp3) is 0.111. The van der Waals surface area contributed by atoms with Crippen molar-refractivity contribution in [3.63, 3.8) is 0 Å². The number of alkyl halides is 3. The molecule has 4 aromatic rings. The SMILES string of the molecule is Cc1ccc(Nc2ncc(C(=O)Nc3cc(NC(=O)c4cccc(C(F)(F)F)c4)ccc3C)cn2)cc1N. The van der Waals surface area contributed by atoms with Gasteiger partial charge in [-0.2, -0.15) is 13.2 Å². The molecule has 0 aliphatic heterocycles. The Kier molecular flexibility index (Phi) is 7.28. The maximum Gasteiger partial charge on any atom is 0.416 e. The van der Waals surface area contributed by atoms with Crippen LogP contribution in [0.2, 0.25) is 0 Å². The van der Waals surface area contributed by atoms with Crippen LogP contribution in [0.5, 0.6) is 0 Å². The van der Waals surface area contributed by atoms with E-state index < -0.39 is 23.6 Å². The summed E-state index contributed by atoms with van der Waals surface area (Å²) in [5, 5.41) is 8.30. The van der Waals surface area contributed by atoms with E-state index in [2.05, 4.69) is 25.9 Å². The number of nitrogen functional groups attached to an aromatic ring is 1. The Labute approximate surface area is 216 Å². The summed E-state index contributed by atoms with van der Waals surface area (Å²) in [6.45, 7) is 3.65. The molecule has 11 heteroatoms. The average molecular weight is 521 g/mol. The Morgan fingerprint density at radius 3 is 2.13 bits per heavy atom. The number of nitrogens with two attached hydrogens (primary N) is 1. The molecule has 0 fully saturated rings. The lowest BCUT2D eigenvalue weighted by Gasteiger charge is -2.13. The Morgan fingerprint density at radius 2 is 1.45 bits per heavy atom. The highest BCUT2D eigenvalue weighted by Gasteiger charge is 2.30. The summed E-state index contributed by atoms with van der Waals surface area (Å²) in [7, 11) is 0. The van der Waals surface area contributed by atoms with Gasteiger partial charge in [0.15, 0.2) is 0 Å². The van der Waals surface area contributed by atoms with Gasteiger partial charge in [0.2, 0.25) is 5.95 Å². The molecule has 5 N–H and O–H groups in total. The van der Waals surface area contributed by atoms with Gasteiger partial charge in [0.1, 0.15) is 0 Å².